The Morgan fingerprint density at radius 1 is 0.871 bits per heavy atom. The minimum absolute atomic E-state index is 0.181. The molecule has 0 radical (unpaired) electrons. The minimum Gasteiger partial charge on any atom is -0.369 e. The molecule has 3 aromatic rings. The fourth-order valence-electron chi connectivity index (χ4n) is 4.00. The van der Waals surface area contributed by atoms with Gasteiger partial charge in [-0.15, -0.1) is 0 Å². The second kappa shape index (κ2) is 9.94. The van der Waals surface area contributed by atoms with Crippen LogP contribution in [0.1, 0.15) is 29.9 Å². The molecule has 3 aromatic carbocycles. The van der Waals surface area contributed by atoms with Crippen molar-refractivity contribution in [1.29, 1.82) is 0 Å². The molecule has 4 nitrogen and oxygen atoms in total. The smallest absolute Gasteiger partial charge is 0.238 e. The van der Waals surface area contributed by atoms with Gasteiger partial charge in [-0.05, 0) is 48.3 Å². The number of thiocarbonyl (C=S) groups is 1. The number of carbonyl (C=O) groups is 1. The number of benzene rings is 3. The predicted molar refractivity (Wildman–Crippen MR) is 132 cm³/mol. The van der Waals surface area contributed by atoms with E-state index in [2.05, 4.69) is 15.5 Å². The fraction of sp³-hybridized carbons (Fsp3) is 0.200. The maximum atomic E-state index is 13.3. The minimum atomic E-state index is -0.459. The largest absolute Gasteiger partial charge is 0.369 e. The maximum absolute atomic E-state index is 13.3. The van der Waals surface area contributed by atoms with Crippen molar-refractivity contribution in [1.82, 2.24) is 5.32 Å². The van der Waals surface area contributed by atoms with E-state index in [4.69, 9.17) is 23.8 Å². The lowest BCUT2D eigenvalue weighted by molar-refractivity contribution is -0.120. The number of amides is 1. The lowest BCUT2D eigenvalue weighted by Gasteiger charge is -2.24. The van der Waals surface area contributed by atoms with Gasteiger partial charge in [0, 0.05) is 13.1 Å². The molecule has 0 saturated carbocycles. The number of hydrogen-bond donors (Lipinski definition) is 2. The first-order chi connectivity index (χ1) is 15.1. The van der Waals surface area contributed by atoms with E-state index in [0.717, 1.165) is 48.4 Å². The Balaban J connectivity index is 1.54. The van der Waals surface area contributed by atoms with E-state index in [0.29, 0.717) is 5.02 Å². The Morgan fingerprint density at radius 2 is 1.45 bits per heavy atom. The van der Waals surface area contributed by atoms with Crippen molar-refractivity contribution in [3.63, 3.8) is 0 Å². The van der Waals surface area contributed by atoms with Crippen LogP contribution in [-0.2, 0) is 4.79 Å². The molecule has 1 heterocycles. The normalized spacial score (nSPS) is 13.3. The Kier molecular flexibility index (Phi) is 6.85. The third kappa shape index (κ3) is 5.06. The van der Waals surface area contributed by atoms with Crippen LogP contribution in [0, 0.1) is 0 Å². The van der Waals surface area contributed by atoms with Gasteiger partial charge in [0.25, 0.3) is 0 Å². The molecule has 2 N–H and O–H groups in total. The quantitative estimate of drug-likeness (QED) is 0.498. The summed E-state index contributed by atoms with van der Waals surface area (Å²) in [6, 6.07) is 25.1. The third-order valence-electron chi connectivity index (χ3n) is 5.42. The standard InChI is InChI=1S/C25H24ClN3OS/c26-20-14-9-15-21(23(20)29-16-7-8-17-29)27-25(31)28-24(30)22(18-10-3-1-4-11-18)19-12-5-2-6-13-19/h1-6,9-15,22H,7-8,16-17H2,(H2,27,28,30,31). The van der Waals surface area contributed by atoms with Crippen LogP contribution in [0.3, 0.4) is 0 Å². The lowest BCUT2D eigenvalue weighted by Crippen LogP contribution is -2.38. The number of nitrogens with one attached hydrogen (secondary N) is 2. The van der Waals surface area contributed by atoms with Crippen molar-refractivity contribution in [2.45, 2.75) is 18.8 Å². The highest BCUT2D eigenvalue weighted by Gasteiger charge is 2.24. The van der Waals surface area contributed by atoms with Crippen molar-refractivity contribution in [2.75, 3.05) is 23.3 Å². The average Bonchev–Trinajstić information content (AvgIpc) is 3.30. The van der Waals surface area contributed by atoms with Gasteiger partial charge in [-0.25, -0.2) is 0 Å². The summed E-state index contributed by atoms with van der Waals surface area (Å²) in [4.78, 5) is 15.5. The van der Waals surface area contributed by atoms with E-state index >= 15 is 0 Å². The van der Waals surface area contributed by atoms with Crippen LogP contribution in [0.2, 0.25) is 5.02 Å². The van der Waals surface area contributed by atoms with Gasteiger partial charge in [0.05, 0.1) is 22.3 Å². The summed E-state index contributed by atoms with van der Waals surface area (Å²) in [6.07, 6.45) is 2.28. The van der Waals surface area contributed by atoms with Gasteiger partial charge in [-0.2, -0.15) is 0 Å². The topological polar surface area (TPSA) is 44.4 Å². The number of halogens is 1. The molecular formula is C25H24ClN3OS. The number of nitrogens with zero attached hydrogens (tertiary/aromatic N) is 1. The summed E-state index contributed by atoms with van der Waals surface area (Å²) in [7, 11) is 0. The summed E-state index contributed by atoms with van der Waals surface area (Å²) in [6.45, 7) is 1.92. The van der Waals surface area contributed by atoms with Crippen LogP contribution in [-0.4, -0.2) is 24.1 Å². The van der Waals surface area contributed by atoms with Crippen molar-refractivity contribution >= 4 is 46.2 Å². The van der Waals surface area contributed by atoms with Crippen molar-refractivity contribution in [3.05, 3.63) is 95.0 Å². The molecule has 0 aromatic heterocycles. The summed E-state index contributed by atoms with van der Waals surface area (Å²) in [5, 5.41) is 7.00. The lowest BCUT2D eigenvalue weighted by atomic mass is 9.90. The van der Waals surface area contributed by atoms with Crippen LogP contribution in [0.25, 0.3) is 0 Å². The molecule has 0 unspecified atom stereocenters. The molecule has 1 fully saturated rings. The fourth-order valence-corrected chi connectivity index (χ4v) is 4.51. The molecule has 6 heteroatoms. The summed E-state index contributed by atoms with van der Waals surface area (Å²) >= 11 is 12.0. The third-order valence-corrected chi connectivity index (χ3v) is 5.93. The molecule has 0 spiro atoms. The van der Waals surface area contributed by atoms with Crippen LogP contribution < -0.4 is 15.5 Å². The van der Waals surface area contributed by atoms with Crippen LogP contribution in [0.5, 0.6) is 0 Å². The van der Waals surface area contributed by atoms with E-state index in [1.807, 2.05) is 78.9 Å². The summed E-state index contributed by atoms with van der Waals surface area (Å²) in [5.74, 6) is -0.640. The first-order valence-electron chi connectivity index (χ1n) is 10.4. The number of carbonyl (C=O) groups excluding carboxylic acids is 1. The van der Waals surface area contributed by atoms with Gasteiger partial charge in [0.1, 0.15) is 0 Å². The molecule has 0 atom stereocenters. The van der Waals surface area contributed by atoms with Gasteiger partial charge >= 0.3 is 0 Å². The van der Waals surface area contributed by atoms with E-state index in [-0.39, 0.29) is 11.0 Å². The summed E-state index contributed by atoms with van der Waals surface area (Å²) < 4.78 is 0. The molecule has 31 heavy (non-hydrogen) atoms. The van der Waals surface area contributed by atoms with Gasteiger partial charge in [-0.3, -0.25) is 4.79 Å². The molecule has 1 aliphatic heterocycles. The van der Waals surface area contributed by atoms with Crippen molar-refractivity contribution in [3.8, 4) is 0 Å². The molecule has 1 saturated heterocycles. The van der Waals surface area contributed by atoms with Gasteiger partial charge in [-0.1, -0.05) is 78.3 Å². The number of anilines is 2. The van der Waals surface area contributed by atoms with Crippen molar-refractivity contribution in [2.24, 2.45) is 0 Å². The molecule has 158 valence electrons. The van der Waals surface area contributed by atoms with Gasteiger partial charge < -0.3 is 15.5 Å². The zero-order chi connectivity index (χ0) is 21.6. The molecule has 1 aliphatic rings. The Morgan fingerprint density at radius 3 is 2.03 bits per heavy atom. The Hall–Kier alpha value is -2.89. The van der Waals surface area contributed by atoms with Gasteiger partial charge in [0.2, 0.25) is 5.91 Å². The molecule has 1 amide bonds. The number of para-hydroxylation sites is 1. The molecule has 4 rings (SSSR count). The van der Waals surface area contributed by atoms with E-state index in [1.165, 1.54) is 0 Å². The van der Waals surface area contributed by atoms with Crippen LogP contribution >= 0.6 is 23.8 Å². The predicted octanol–water partition coefficient (Wildman–Crippen LogP) is 5.59. The monoisotopic (exact) mass is 449 g/mol. The van der Waals surface area contributed by atoms with Crippen LogP contribution in [0.4, 0.5) is 11.4 Å². The first kappa shape index (κ1) is 21.3. The SMILES string of the molecule is O=C(NC(=S)Nc1cccc(Cl)c1N1CCCC1)C(c1ccccc1)c1ccccc1. The maximum Gasteiger partial charge on any atom is 0.238 e. The van der Waals surface area contributed by atoms with E-state index < -0.39 is 5.92 Å². The highest BCUT2D eigenvalue weighted by atomic mass is 35.5. The number of rotatable bonds is 5. The average molecular weight is 450 g/mol. The van der Waals surface area contributed by atoms with Gasteiger partial charge in [0.15, 0.2) is 5.11 Å². The zero-order valence-electron chi connectivity index (χ0n) is 17.1. The molecule has 0 aliphatic carbocycles. The van der Waals surface area contributed by atoms with E-state index in [1.54, 1.807) is 0 Å². The number of hydrogen-bond acceptors (Lipinski definition) is 3. The van der Waals surface area contributed by atoms with Crippen LogP contribution in [0.15, 0.2) is 78.9 Å². The zero-order valence-corrected chi connectivity index (χ0v) is 18.6. The highest BCUT2D eigenvalue weighted by Crippen LogP contribution is 2.36. The van der Waals surface area contributed by atoms with E-state index in [9.17, 15) is 4.79 Å². The summed E-state index contributed by atoms with van der Waals surface area (Å²) in [5.41, 5.74) is 3.56. The highest BCUT2D eigenvalue weighted by molar-refractivity contribution is 7.80. The molecule has 0 bridgehead atoms. The Labute approximate surface area is 193 Å². The second-order valence-corrected chi connectivity index (χ2v) is 8.34. The first-order valence-corrected chi connectivity index (χ1v) is 11.2. The second-order valence-electron chi connectivity index (χ2n) is 7.53. The molecular weight excluding hydrogens is 426 g/mol. The Bertz CT molecular complexity index is 1010. The van der Waals surface area contributed by atoms with Crippen molar-refractivity contribution < 1.29 is 4.79 Å².